The van der Waals surface area contributed by atoms with Gasteiger partial charge in [-0.05, 0) is 38.1 Å². The molecule has 1 heterocycles. The number of halogens is 2. The molecule has 0 aliphatic rings. The average Bonchev–Trinajstić information content (AvgIpc) is 3.03. The second-order valence-electron chi connectivity index (χ2n) is 5.89. The van der Waals surface area contributed by atoms with Gasteiger partial charge in [-0.15, -0.1) is 0 Å². The molecule has 0 atom stereocenters. The summed E-state index contributed by atoms with van der Waals surface area (Å²) >= 11 is 12.0. The number of rotatable bonds is 8. The molecule has 0 spiro atoms. The monoisotopic (exact) mass is 432 g/mol. The Kier molecular flexibility index (Phi) is 10.9. The Morgan fingerprint density at radius 3 is 2.52 bits per heavy atom. The standard InChI is InChI=1S/C20H20Cl2N4O.C2H6/c1-4-15(10-23)6-5-13(2)11-24-12-19-20(14(3)25-26-19)27-18-8-16(21)7-17(22)9-18;1-2/h4-9,24H,1,11-12H2,2-3H3,(H,25,26);1-2H3/b13-5+,15-6+;. The van der Waals surface area contributed by atoms with E-state index in [0.29, 0.717) is 40.2 Å². The summed E-state index contributed by atoms with van der Waals surface area (Å²) in [4.78, 5) is 0. The second-order valence-corrected chi connectivity index (χ2v) is 6.76. The molecule has 5 nitrogen and oxygen atoms in total. The minimum Gasteiger partial charge on any atom is -0.453 e. The van der Waals surface area contributed by atoms with Crippen molar-refractivity contribution in [2.45, 2.75) is 34.2 Å². The van der Waals surface area contributed by atoms with Crippen molar-refractivity contribution in [1.82, 2.24) is 15.5 Å². The largest absolute Gasteiger partial charge is 0.453 e. The molecule has 154 valence electrons. The van der Waals surface area contributed by atoms with E-state index in [4.69, 9.17) is 33.2 Å². The van der Waals surface area contributed by atoms with Crippen LogP contribution in [-0.2, 0) is 6.54 Å². The summed E-state index contributed by atoms with van der Waals surface area (Å²) in [5.74, 6) is 1.19. The van der Waals surface area contributed by atoms with Gasteiger partial charge in [0.05, 0.1) is 17.3 Å². The van der Waals surface area contributed by atoms with E-state index in [2.05, 4.69) is 28.2 Å². The molecule has 2 aromatic rings. The van der Waals surface area contributed by atoms with Crippen LogP contribution in [0.3, 0.4) is 0 Å². The molecule has 0 amide bonds. The zero-order chi connectivity index (χ0) is 21.8. The molecule has 7 heteroatoms. The molecule has 0 radical (unpaired) electrons. The zero-order valence-electron chi connectivity index (χ0n) is 17.1. The maximum atomic E-state index is 8.88. The fourth-order valence-electron chi connectivity index (χ4n) is 2.25. The number of hydrogen-bond donors (Lipinski definition) is 2. The normalized spacial score (nSPS) is 11.3. The van der Waals surface area contributed by atoms with E-state index in [0.717, 1.165) is 17.0 Å². The van der Waals surface area contributed by atoms with Crippen molar-refractivity contribution in [2.24, 2.45) is 0 Å². The third kappa shape index (κ3) is 8.16. The van der Waals surface area contributed by atoms with E-state index in [-0.39, 0.29) is 0 Å². The molecule has 1 aromatic carbocycles. The number of nitrogens with zero attached hydrogens (tertiary/aromatic N) is 2. The quantitative estimate of drug-likeness (QED) is 0.367. The first-order valence-corrected chi connectivity index (χ1v) is 9.97. The number of nitriles is 1. The highest BCUT2D eigenvalue weighted by atomic mass is 35.5. The summed E-state index contributed by atoms with van der Waals surface area (Å²) in [5.41, 5.74) is 3.15. The van der Waals surface area contributed by atoms with Gasteiger partial charge in [-0.1, -0.05) is 61.4 Å². The van der Waals surface area contributed by atoms with Gasteiger partial charge < -0.3 is 10.1 Å². The summed E-state index contributed by atoms with van der Waals surface area (Å²) in [6.45, 7) is 12.6. The Labute approximate surface area is 182 Å². The molecule has 0 aliphatic heterocycles. The number of aryl methyl sites for hydroxylation is 1. The number of hydrogen-bond acceptors (Lipinski definition) is 4. The van der Waals surface area contributed by atoms with Gasteiger partial charge in [-0.25, -0.2) is 0 Å². The Bertz CT molecular complexity index is 903. The summed E-state index contributed by atoms with van der Waals surface area (Å²) in [6.07, 6.45) is 5.14. The highest BCUT2D eigenvalue weighted by Crippen LogP contribution is 2.31. The predicted octanol–water partition coefficient (Wildman–Crippen LogP) is 6.52. The van der Waals surface area contributed by atoms with Crippen LogP contribution in [0.5, 0.6) is 11.5 Å². The van der Waals surface area contributed by atoms with Gasteiger partial charge in [0.2, 0.25) is 0 Å². The lowest BCUT2D eigenvalue weighted by Crippen LogP contribution is -2.16. The molecular formula is C22H26Cl2N4O. The number of benzene rings is 1. The van der Waals surface area contributed by atoms with Crippen LogP contribution in [-0.4, -0.2) is 16.7 Å². The first-order chi connectivity index (χ1) is 13.9. The zero-order valence-corrected chi connectivity index (χ0v) is 18.7. The van der Waals surface area contributed by atoms with E-state index in [9.17, 15) is 0 Å². The number of H-pyrrole nitrogens is 1. The molecule has 1 aromatic heterocycles. The molecule has 0 fully saturated rings. The molecular weight excluding hydrogens is 407 g/mol. The first-order valence-electron chi connectivity index (χ1n) is 9.21. The van der Waals surface area contributed by atoms with Crippen LogP contribution in [0.4, 0.5) is 0 Å². The fourth-order valence-corrected chi connectivity index (χ4v) is 2.76. The number of ether oxygens (including phenoxy) is 1. The Hall–Kier alpha value is -2.52. The molecule has 2 rings (SSSR count). The van der Waals surface area contributed by atoms with Crippen molar-refractivity contribution in [3.63, 3.8) is 0 Å². The third-order valence-electron chi connectivity index (χ3n) is 3.61. The van der Waals surface area contributed by atoms with E-state index in [1.807, 2.05) is 33.8 Å². The smallest absolute Gasteiger partial charge is 0.172 e. The summed E-state index contributed by atoms with van der Waals surface area (Å²) in [7, 11) is 0. The van der Waals surface area contributed by atoms with Gasteiger partial charge in [0.15, 0.2) is 5.75 Å². The van der Waals surface area contributed by atoms with Crippen molar-refractivity contribution in [3.05, 3.63) is 75.6 Å². The summed E-state index contributed by atoms with van der Waals surface area (Å²) in [6, 6.07) is 7.10. The van der Waals surface area contributed by atoms with Crippen LogP contribution < -0.4 is 10.1 Å². The third-order valence-corrected chi connectivity index (χ3v) is 4.05. The lowest BCUT2D eigenvalue weighted by Gasteiger charge is -2.09. The van der Waals surface area contributed by atoms with Crippen molar-refractivity contribution in [1.29, 1.82) is 5.26 Å². The predicted molar refractivity (Wildman–Crippen MR) is 121 cm³/mol. The van der Waals surface area contributed by atoms with E-state index < -0.39 is 0 Å². The average molecular weight is 433 g/mol. The van der Waals surface area contributed by atoms with E-state index in [1.54, 1.807) is 24.3 Å². The van der Waals surface area contributed by atoms with Gasteiger partial charge >= 0.3 is 0 Å². The number of allylic oxidation sites excluding steroid dienone is 4. The van der Waals surface area contributed by atoms with Crippen LogP contribution in [0.15, 0.2) is 54.2 Å². The lowest BCUT2D eigenvalue weighted by atomic mass is 10.2. The van der Waals surface area contributed by atoms with Crippen LogP contribution in [0.25, 0.3) is 0 Å². The maximum absolute atomic E-state index is 8.88. The van der Waals surface area contributed by atoms with E-state index in [1.165, 1.54) is 6.08 Å². The van der Waals surface area contributed by atoms with Crippen LogP contribution in [0.1, 0.15) is 32.2 Å². The van der Waals surface area contributed by atoms with Crippen molar-refractivity contribution >= 4 is 23.2 Å². The molecule has 29 heavy (non-hydrogen) atoms. The van der Waals surface area contributed by atoms with Crippen LogP contribution in [0, 0.1) is 18.3 Å². The molecule has 0 saturated heterocycles. The van der Waals surface area contributed by atoms with Gasteiger partial charge in [0, 0.05) is 23.1 Å². The van der Waals surface area contributed by atoms with Crippen molar-refractivity contribution < 1.29 is 4.74 Å². The molecule has 2 N–H and O–H groups in total. The maximum Gasteiger partial charge on any atom is 0.172 e. The SMILES string of the molecule is C=C/C(C#N)=C\C=C(/C)CNCc1n[nH]c(C)c1Oc1cc(Cl)cc(Cl)c1.CC. The minimum absolute atomic E-state index is 0.503. The van der Waals surface area contributed by atoms with Crippen LogP contribution in [0.2, 0.25) is 10.0 Å². The van der Waals surface area contributed by atoms with Gasteiger partial charge in [-0.2, -0.15) is 10.4 Å². The Morgan fingerprint density at radius 2 is 1.93 bits per heavy atom. The van der Waals surface area contributed by atoms with E-state index >= 15 is 0 Å². The van der Waals surface area contributed by atoms with Crippen molar-refractivity contribution in [2.75, 3.05) is 6.54 Å². The minimum atomic E-state index is 0.503. The van der Waals surface area contributed by atoms with Gasteiger partial charge in [0.25, 0.3) is 0 Å². The summed E-state index contributed by atoms with van der Waals surface area (Å²) < 4.78 is 5.93. The first kappa shape index (κ1) is 24.5. The molecule has 0 bridgehead atoms. The van der Waals surface area contributed by atoms with Crippen molar-refractivity contribution in [3.8, 4) is 17.6 Å². The summed E-state index contributed by atoms with van der Waals surface area (Å²) in [5, 5.41) is 20.4. The molecule has 0 unspecified atom stereocenters. The Morgan fingerprint density at radius 1 is 1.28 bits per heavy atom. The second kappa shape index (κ2) is 12.8. The topological polar surface area (TPSA) is 73.7 Å². The number of nitrogens with one attached hydrogen (secondary N) is 2. The highest BCUT2D eigenvalue weighted by Gasteiger charge is 2.13. The molecule has 0 aliphatic carbocycles. The van der Waals surface area contributed by atoms with Gasteiger partial charge in [-0.3, -0.25) is 5.10 Å². The fraction of sp³-hybridized carbons (Fsp3) is 0.273. The highest BCUT2D eigenvalue weighted by molar-refractivity contribution is 6.34. The Balaban J connectivity index is 0.00000204. The lowest BCUT2D eigenvalue weighted by molar-refractivity contribution is 0.470. The number of aromatic amines is 1. The molecule has 0 saturated carbocycles. The number of aromatic nitrogens is 2. The van der Waals surface area contributed by atoms with Crippen LogP contribution >= 0.6 is 23.2 Å². The van der Waals surface area contributed by atoms with Gasteiger partial charge in [0.1, 0.15) is 11.4 Å².